The summed E-state index contributed by atoms with van der Waals surface area (Å²) in [5.74, 6) is -0.604. The topological polar surface area (TPSA) is 29.3 Å². The fraction of sp³-hybridized carbons (Fsp3) is 0.200. The van der Waals surface area contributed by atoms with E-state index in [1.165, 1.54) is 24.3 Å². The minimum absolute atomic E-state index is 0.284. The lowest BCUT2D eigenvalue weighted by atomic mass is 10.1. The van der Waals surface area contributed by atoms with Gasteiger partial charge in [-0.15, -0.1) is 0 Å². The molecule has 0 aromatic heterocycles. The molecule has 2 nitrogen and oxygen atoms in total. The molecule has 0 saturated carbocycles. The van der Waals surface area contributed by atoms with Crippen molar-refractivity contribution in [2.45, 2.75) is 13.0 Å². The Morgan fingerprint density at radius 2 is 1.58 bits per heavy atom. The van der Waals surface area contributed by atoms with Gasteiger partial charge in [0.25, 0.3) is 0 Å². The summed E-state index contributed by atoms with van der Waals surface area (Å²) in [6, 6.07) is 10.3. The van der Waals surface area contributed by atoms with Crippen LogP contribution < -0.4 is 10.6 Å². The van der Waals surface area contributed by atoms with Crippen LogP contribution in [-0.4, -0.2) is 7.05 Å². The van der Waals surface area contributed by atoms with Gasteiger partial charge in [-0.25, -0.2) is 8.78 Å². The number of nitrogens with zero attached hydrogens (tertiary/aromatic N) is 1. The van der Waals surface area contributed by atoms with Gasteiger partial charge in [0.05, 0.1) is 0 Å². The maximum Gasteiger partial charge on any atom is 0.123 e. The first-order valence-electron chi connectivity index (χ1n) is 6.03. The Hall–Kier alpha value is -1.94. The zero-order valence-electron chi connectivity index (χ0n) is 10.9. The van der Waals surface area contributed by atoms with Crippen molar-refractivity contribution in [1.82, 2.24) is 0 Å². The van der Waals surface area contributed by atoms with Crippen molar-refractivity contribution in [3.63, 3.8) is 0 Å². The molecular weight excluding hydrogens is 246 g/mol. The largest absolute Gasteiger partial charge is 0.344 e. The van der Waals surface area contributed by atoms with Gasteiger partial charge in [-0.3, -0.25) is 0 Å². The molecule has 19 heavy (non-hydrogen) atoms. The molecule has 0 bridgehead atoms. The number of anilines is 2. The van der Waals surface area contributed by atoms with Gasteiger partial charge in [-0.2, -0.15) is 0 Å². The van der Waals surface area contributed by atoms with E-state index in [1.54, 1.807) is 25.1 Å². The van der Waals surface area contributed by atoms with Crippen LogP contribution in [0, 0.1) is 11.6 Å². The molecule has 0 saturated heterocycles. The highest BCUT2D eigenvalue weighted by Crippen LogP contribution is 2.30. The van der Waals surface area contributed by atoms with Crippen molar-refractivity contribution >= 4 is 11.4 Å². The molecule has 0 fully saturated rings. The molecule has 2 rings (SSSR count). The van der Waals surface area contributed by atoms with Gasteiger partial charge in [0.15, 0.2) is 0 Å². The lowest BCUT2D eigenvalue weighted by Crippen LogP contribution is -2.16. The second-order valence-corrected chi connectivity index (χ2v) is 4.53. The normalized spacial score (nSPS) is 12.3. The van der Waals surface area contributed by atoms with Crippen molar-refractivity contribution in [2.75, 3.05) is 11.9 Å². The van der Waals surface area contributed by atoms with E-state index in [4.69, 9.17) is 5.73 Å². The molecule has 4 heteroatoms. The van der Waals surface area contributed by atoms with Gasteiger partial charge < -0.3 is 10.6 Å². The predicted molar refractivity (Wildman–Crippen MR) is 73.5 cm³/mol. The van der Waals surface area contributed by atoms with Crippen LogP contribution >= 0.6 is 0 Å². The monoisotopic (exact) mass is 262 g/mol. The maximum absolute atomic E-state index is 13.3. The molecule has 0 heterocycles. The molecule has 0 aliphatic rings. The Balaban J connectivity index is 2.43. The second kappa shape index (κ2) is 5.36. The van der Waals surface area contributed by atoms with Crippen molar-refractivity contribution < 1.29 is 8.78 Å². The van der Waals surface area contributed by atoms with Crippen LogP contribution in [0.4, 0.5) is 20.2 Å². The Kier molecular flexibility index (Phi) is 3.81. The van der Waals surface area contributed by atoms with Gasteiger partial charge in [0, 0.05) is 24.5 Å². The highest BCUT2D eigenvalue weighted by Gasteiger charge is 2.13. The van der Waals surface area contributed by atoms with E-state index in [0.29, 0.717) is 5.56 Å². The van der Waals surface area contributed by atoms with Gasteiger partial charge in [-0.05, 0) is 55.0 Å². The summed E-state index contributed by atoms with van der Waals surface area (Å²) in [4.78, 5) is 1.86. The fourth-order valence-electron chi connectivity index (χ4n) is 2.00. The highest BCUT2D eigenvalue weighted by atomic mass is 19.1. The molecule has 0 radical (unpaired) electrons. The van der Waals surface area contributed by atoms with Crippen LogP contribution in [0.2, 0.25) is 0 Å². The summed E-state index contributed by atoms with van der Waals surface area (Å²) in [5, 5.41) is 0. The maximum atomic E-state index is 13.3. The molecule has 2 aromatic carbocycles. The van der Waals surface area contributed by atoms with Gasteiger partial charge in [0.1, 0.15) is 11.6 Å². The van der Waals surface area contributed by atoms with Crippen LogP contribution in [0.3, 0.4) is 0 Å². The van der Waals surface area contributed by atoms with Crippen LogP contribution in [0.15, 0.2) is 42.5 Å². The van der Waals surface area contributed by atoms with Crippen LogP contribution in [0.1, 0.15) is 18.5 Å². The zero-order chi connectivity index (χ0) is 14.0. The van der Waals surface area contributed by atoms with Crippen LogP contribution in [-0.2, 0) is 0 Å². The SMILES string of the molecule is C[C@@H](N)c1cc(F)ccc1N(C)c1ccc(F)cc1. The molecule has 2 aromatic rings. The molecule has 100 valence electrons. The number of halogens is 2. The third kappa shape index (κ3) is 2.90. The number of benzene rings is 2. The quantitative estimate of drug-likeness (QED) is 0.912. The van der Waals surface area contributed by atoms with Crippen molar-refractivity contribution in [3.05, 3.63) is 59.7 Å². The third-order valence-corrected chi connectivity index (χ3v) is 3.06. The van der Waals surface area contributed by atoms with E-state index in [1.807, 2.05) is 11.9 Å². The lowest BCUT2D eigenvalue weighted by molar-refractivity contribution is 0.622. The number of nitrogens with two attached hydrogens (primary N) is 1. The van der Waals surface area contributed by atoms with E-state index in [-0.39, 0.29) is 17.7 Å². The highest BCUT2D eigenvalue weighted by molar-refractivity contribution is 5.66. The smallest absolute Gasteiger partial charge is 0.123 e. The summed E-state index contributed by atoms with van der Waals surface area (Å²) >= 11 is 0. The molecule has 0 unspecified atom stereocenters. The van der Waals surface area contributed by atoms with E-state index in [9.17, 15) is 8.78 Å². The molecule has 0 amide bonds. The van der Waals surface area contributed by atoms with E-state index < -0.39 is 0 Å². The first kappa shape index (κ1) is 13.5. The lowest BCUT2D eigenvalue weighted by Gasteiger charge is -2.24. The molecule has 2 N–H and O–H groups in total. The standard InChI is InChI=1S/C15H16F2N2/c1-10(18)14-9-12(17)5-8-15(14)19(2)13-6-3-11(16)4-7-13/h3-10H,18H2,1-2H3/t10-/m1/s1. The van der Waals surface area contributed by atoms with Crippen molar-refractivity contribution in [3.8, 4) is 0 Å². The van der Waals surface area contributed by atoms with Gasteiger partial charge >= 0.3 is 0 Å². The Morgan fingerprint density at radius 1 is 1.00 bits per heavy atom. The van der Waals surface area contributed by atoms with Gasteiger partial charge in [0.2, 0.25) is 0 Å². The molecule has 1 atom stereocenters. The third-order valence-electron chi connectivity index (χ3n) is 3.06. The van der Waals surface area contributed by atoms with E-state index >= 15 is 0 Å². The first-order chi connectivity index (χ1) is 8.99. The summed E-state index contributed by atoms with van der Waals surface area (Å²) < 4.78 is 26.2. The molecule has 0 aliphatic heterocycles. The Morgan fingerprint density at radius 3 is 2.16 bits per heavy atom. The summed E-state index contributed by atoms with van der Waals surface area (Å²) in [5.41, 5.74) is 8.21. The second-order valence-electron chi connectivity index (χ2n) is 4.53. The minimum atomic E-state index is -0.316. The summed E-state index contributed by atoms with van der Waals surface area (Å²) in [7, 11) is 1.84. The average molecular weight is 262 g/mol. The Bertz CT molecular complexity index is 565. The number of hydrogen-bond donors (Lipinski definition) is 1. The molecule has 0 aliphatic carbocycles. The van der Waals surface area contributed by atoms with Gasteiger partial charge in [-0.1, -0.05) is 0 Å². The molecule has 0 spiro atoms. The average Bonchev–Trinajstić information content (AvgIpc) is 2.38. The summed E-state index contributed by atoms with van der Waals surface area (Å²) in [6.45, 7) is 1.80. The Labute approximate surface area is 111 Å². The minimum Gasteiger partial charge on any atom is -0.344 e. The first-order valence-corrected chi connectivity index (χ1v) is 6.03. The van der Waals surface area contributed by atoms with Crippen molar-refractivity contribution in [1.29, 1.82) is 0 Å². The number of hydrogen-bond acceptors (Lipinski definition) is 2. The van der Waals surface area contributed by atoms with E-state index in [0.717, 1.165) is 11.4 Å². The van der Waals surface area contributed by atoms with Crippen molar-refractivity contribution in [2.24, 2.45) is 5.73 Å². The van der Waals surface area contributed by atoms with Crippen LogP contribution in [0.5, 0.6) is 0 Å². The predicted octanol–water partition coefficient (Wildman–Crippen LogP) is 3.75. The summed E-state index contributed by atoms with van der Waals surface area (Å²) in [6.07, 6.45) is 0. The fourth-order valence-corrected chi connectivity index (χ4v) is 2.00. The van der Waals surface area contributed by atoms with Crippen LogP contribution in [0.25, 0.3) is 0 Å². The number of rotatable bonds is 3. The zero-order valence-corrected chi connectivity index (χ0v) is 10.9. The van der Waals surface area contributed by atoms with E-state index in [2.05, 4.69) is 0 Å². The molecular formula is C15H16F2N2.